The molecular formula is C8H7ClN6O. The van der Waals surface area contributed by atoms with Crippen LogP contribution in [0.1, 0.15) is 5.82 Å². The summed E-state index contributed by atoms with van der Waals surface area (Å²) in [6.07, 6.45) is 5.51. The van der Waals surface area contributed by atoms with Crippen LogP contribution in [0.4, 0.5) is 0 Å². The molecule has 0 amide bonds. The monoisotopic (exact) mass is 238 g/mol. The van der Waals surface area contributed by atoms with E-state index in [2.05, 4.69) is 25.2 Å². The molecule has 2 aromatic rings. The number of aromatic nitrogens is 4. The predicted molar refractivity (Wildman–Crippen MR) is 58.4 cm³/mol. The Balaban J connectivity index is 2.23. The van der Waals surface area contributed by atoms with Gasteiger partial charge in [0.15, 0.2) is 5.82 Å². The molecule has 2 rings (SSSR count). The van der Waals surface area contributed by atoms with Crippen molar-refractivity contribution in [1.29, 1.82) is 0 Å². The molecule has 0 saturated heterocycles. The third kappa shape index (κ3) is 2.26. The standard InChI is InChI=1S/C8H7ClN6O/c9-5(12-4-10)3-6-13-7(15-14-6)8-11-1-2-16-8/h1-4H,(H2,10,12)(H,13,14,15)/b5-3-. The summed E-state index contributed by atoms with van der Waals surface area (Å²) in [5, 5.41) is 6.73. The fourth-order valence-electron chi connectivity index (χ4n) is 0.990. The van der Waals surface area contributed by atoms with Crippen LogP contribution in [0.25, 0.3) is 17.8 Å². The van der Waals surface area contributed by atoms with Crippen LogP contribution in [-0.4, -0.2) is 26.5 Å². The Labute approximate surface area is 95.1 Å². The normalized spacial score (nSPS) is 12.4. The van der Waals surface area contributed by atoms with Crippen LogP contribution in [0.2, 0.25) is 0 Å². The molecule has 0 spiro atoms. The second-order valence-electron chi connectivity index (χ2n) is 2.63. The van der Waals surface area contributed by atoms with Gasteiger partial charge in [-0.3, -0.25) is 5.10 Å². The van der Waals surface area contributed by atoms with Crippen molar-refractivity contribution in [1.82, 2.24) is 20.2 Å². The lowest BCUT2D eigenvalue weighted by atomic mass is 10.5. The van der Waals surface area contributed by atoms with Crippen molar-refractivity contribution in [3.8, 4) is 11.7 Å². The average Bonchev–Trinajstić information content (AvgIpc) is 2.86. The maximum absolute atomic E-state index is 5.71. The Kier molecular flexibility index (Phi) is 2.97. The van der Waals surface area contributed by atoms with E-state index in [1.54, 1.807) is 0 Å². The van der Waals surface area contributed by atoms with Gasteiger partial charge in [-0.2, -0.15) is 0 Å². The van der Waals surface area contributed by atoms with Crippen molar-refractivity contribution in [3.63, 3.8) is 0 Å². The van der Waals surface area contributed by atoms with Crippen molar-refractivity contribution < 1.29 is 4.42 Å². The first-order valence-electron chi connectivity index (χ1n) is 4.23. The van der Waals surface area contributed by atoms with Crippen LogP contribution in [-0.2, 0) is 0 Å². The van der Waals surface area contributed by atoms with Crippen LogP contribution in [0.15, 0.2) is 27.0 Å². The van der Waals surface area contributed by atoms with E-state index >= 15 is 0 Å². The zero-order valence-electron chi connectivity index (χ0n) is 7.96. The van der Waals surface area contributed by atoms with Crippen LogP contribution >= 0.6 is 11.6 Å². The summed E-state index contributed by atoms with van der Waals surface area (Å²) >= 11 is 5.71. The van der Waals surface area contributed by atoms with E-state index in [-0.39, 0.29) is 5.16 Å². The van der Waals surface area contributed by atoms with Crippen LogP contribution in [0.3, 0.4) is 0 Å². The number of oxazole rings is 1. The van der Waals surface area contributed by atoms with Crippen LogP contribution in [0, 0.1) is 0 Å². The minimum absolute atomic E-state index is 0.192. The van der Waals surface area contributed by atoms with E-state index in [1.807, 2.05) is 0 Å². The smallest absolute Gasteiger partial charge is 0.266 e. The zero-order valence-corrected chi connectivity index (χ0v) is 8.72. The first-order valence-corrected chi connectivity index (χ1v) is 4.61. The Hall–Kier alpha value is -2.15. The molecule has 16 heavy (non-hydrogen) atoms. The molecular weight excluding hydrogens is 232 g/mol. The molecule has 0 fully saturated rings. The molecule has 0 unspecified atom stereocenters. The SMILES string of the molecule is NC=N/C(Cl)=C\c1nc(-c2ncco2)n[nH]1. The van der Waals surface area contributed by atoms with Crippen molar-refractivity contribution in [2.45, 2.75) is 0 Å². The van der Waals surface area contributed by atoms with Gasteiger partial charge in [0.1, 0.15) is 11.4 Å². The number of nitrogens with zero attached hydrogens (tertiary/aromatic N) is 4. The summed E-state index contributed by atoms with van der Waals surface area (Å²) < 4.78 is 5.03. The van der Waals surface area contributed by atoms with Gasteiger partial charge in [0.05, 0.1) is 12.5 Å². The second kappa shape index (κ2) is 4.58. The van der Waals surface area contributed by atoms with E-state index in [0.717, 1.165) is 6.34 Å². The van der Waals surface area contributed by atoms with Gasteiger partial charge in [0, 0.05) is 6.08 Å². The number of aromatic amines is 1. The molecule has 0 aromatic carbocycles. The highest BCUT2D eigenvalue weighted by Crippen LogP contribution is 2.13. The molecule has 82 valence electrons. The Bertz CT molecular complexity index is 514. The van der Waals surface area contributed by atoms with Crippen molar-refractivity contribution in [2.75, 3.05) is 0 Å². The van der Waals surface area contributed by atoms with Crippen molar-refractivity contribution >= 4 is 24.0 Å². The van der Waals surface area contributed by atoms with E-state index in [1.165, 1.54) is 18.5 Å². The quantitative estimate of drug-likeness (QED) is 0.471. The van der Waals surface area contributed by atoms with Crippen LogP contribution < -0.4 is 5.73 Å². The highest BCUT2D eigenvalue weighted by molar-refractivity contribution is 6.31. The number of rotatable bonds is 3. The molecule has 0 saturated carbocycles. The molecule has 2 aromatic heterocycles. The fourth-order valence-corrected chi connectivity index (χ4v) is 1.15. The lowest BCUT2D eigenvalue weighted by Gasteiger charge is -1.85. The molecule has 0 bridgehead atoms. The molecule has 8 heteroatoms. The minimum Gasteiger partial charge on any atom is -0.442 e. The number of hydrogen-bond donors (Lipinski definition) is 2. The summed E-state index contributed by atoms with van der Waals surface area (Å²) in [5.74, 6) is 1.11. The molecule has 2 heterocycles. The van der Waals surface area contributed by atoms with Gasteiger partial charge in [-0.1, -0.05) is 11.6 Å². The molecule has 0 atom stereocenters. The first kappa shape index (κ1) is 10.4. The maximum atomic E-state index is 5.71. The molecule has 7 nitrogen and oxygen atoms in total. The zero-order chi connectivity index (χ0) is 11.4. The Morgan fingerprint density at radius 3 is 3.19 bits per heavy atom. The van der Waals surface area contributed by atoms with Gasteiger partial charge >= 0.3 is 0 Å². The summed E-state index contributed by atoms with van der Waals surface area (Å²) in [5.41, 5.74) is 5.08. The summed E-state index contributed by atoms with van der Waals surface area (Å²) in [7, 11) is 0. The van der Waals surface area contributed by atoms with E-state index in [0.29, 0.717) is 17.5 Å². The third-order valence-corrected chi connectivity index (χ3v) is 1.79. The van der Waals surface area contributed by atoms with Gasteiger partial charge in [0.2, 0.25) is 5.82 Å². The Morgan fingerprint density at radius 1 is 1.62 bits per heavy atom. The van der Waals surface area contributed by atoms with Gasteiger partial charge in [0.25, 0.3) is 5.89 Å². The van der Waals surface area contributed by atoms with E-state index in [4.69, 9.17) is 21.8 Å². The highest BCUT2D eigenvalue weighted by Gasteiger charge is 2.08. The maximum Gasteiger partial charge on any atom is 0.266 e. The number of hydrogen-bond acceptors (Lipinski definition) is 5. The molecule has 3 N–H and O–H groups in total. The number of H-pyrrole nitrogens is 1. The van der Waals surface area contributed by atoms with Gasteiger partial charge in [-0.05, 0) is 0 Å². The van der Waals surface area contributed by atoms with Crippen LogP contribution in [0.5, 0.6) is 0 Å². The summed E-state index contributed by atoms with van der Waals surface area (Å²) in [6, 6.07) is 0. The second-order valence-corrected chi connectivity index (χ2v) is 3.01. The number of nitrogens with two attached hydrogens (primary N) is 1. The highest BCUT2D eigenvalue weighted by atomic mass is 35.5. The molecule has 0 aliphatic carbocycles. The van der Waals surface area contributed by atoms with E-state index < -0.39 is 0 Å². The molecule has 0 radical (unpaired) electrons. The first-order chi connectivity index (χ1) is 7.79. The topological polar surface area (TPSA) is 106 Å². The minimum atomic E-state index is 0.192. The van der Waals surface area contributed by atoms with Gasteiger partial charge < -0.3 is 10.2 Å². The summed E-state index contributed by atoms with van der Waals surface area (Å²) in [4.78, 5) is 11.6. The lowest BCUT2D eigenvalue weighted by molar-refractivity contribution is 0.569. The molecule has 0 aliphatic heterocycles. The predicted octanol–water partition coefficient (Wildman–Crippen LogP) is 0.984. The van der Waals surface area contributed by atoms with E-state index in [9.17, 15) is 0 Å². The Morgan fingerprint density at radius 2 is 2.50 bits per heavy atom. The van der Waals surface area contributed by atoms with Crippen molar-refractivity contribution in [3.05, 3.63) is 23.4 Å². The largest absolute Gasteiger partial charge is 0.442 e. The fraction of sp³-hybridized carbons (Fsp3) is 0. The van der Waals surface area contributed by atoms with Crippen molar-refractivity contribution in [2.24, 2.45) is 10.7 Å². The number of aliphatic imine (C=N–C) groups is 1. The lowest BCUT2D eigenvalue weighted by Crippen LogP contribution is -1.87. The average molecular weight is 239 g/mol. The number of halogens is 1. The van der Waals surface area contributed by atoms with Gasteiger partial charge in [-0.25, -0.2) is 15.0 Å². The number of nitrogens with one attached hydrogen (secondary N) is 1. The summed E-state index contributed by atoms with van der Waals surface area (Å²) in [6.45, 7) is 0. The van der Waals surface area contributed by atoms with Gasteiger partial charge in [-0.15, -0.1) is 5.10 Å². The third-order valence-electron chi connectivity index (χ3n) is 1.58. The molecule has 0 aliphatic rings.